The van der Waals surface area contributed by atoms with Crippen LogP contribution in [0, 0.1) is 10.1 Å². The van der Waals surface area contributed by atoms with Crippen molar-refractivity contribution in [2.24, 2.45) is 0 Å². The maximum absolute atomic E-state index is 12.2. The van der Waals surface area contributed by atoms with Gasteiger partial charge in [0.05, 0.1) is 23.2 Å². The molecule has 0 aliphatic heterocycles. The molecule has 0 radical (unpaired) electrons. The molecule has 2 amide bonds. The van der Waals surface area contributed by atoms with Crippen molar-refractivity contribution in [3.8, 4) is 0 Å². The SMILES string of the molecule is O=C(Cc1ccccc1[N+](=O)[O-])Nc1ccc(C(=O)Nc2cccnc2)cc1. The molecule has 1 aromatic heterocycles. The molecule has 0 unspecified atom stereocenters. The Hall–Kier alpha value is -4.07. The summed E-state index contributed by atoms with van der Waals surface area (Å²) < 4.78 is 0. The number of anilines is 2. The summed E-state index contributed by atoms with van der Waals surface area (Å²) in [6.07, 6.45) is 3.02. The fourth-order valence-electron chi connectivity index (χ4n) is 2.56. The van der Waals surface area contributed by atoms with Crippen molar-refractivity contribution in [1.29, 1.82) is 0 Å². The maximum Gasteiger partial charge on any atom is 0.273 e. The number of benzene rings is 2. The number of para-hydroxylation sites is 1. The number of nitrogens with zero attached hydrogens (tertiary/aromatic N) is 2. The number of carbonyl (C=O) groups is 2. The number of aromatic nitrogens is 1. The van der Waals surface area contributed by atoms with Gasteiger partial charge in [-0.2, -0.15) is 0 Å². The molecule has 3 aromatic rings. The van der Waals surface area contributed by atoms with Crippen molar-refractivity contribution in [3.05, 3.63) is 94.3 Å². The molecule has 3 rings (SSSR count). The summed E-state index contributed by atoms with van der Waals surface area (Å²) >= 11 is 0. The van der Waals surface area contributed by atoms with Crippen LogP contribution in [0.5, 0.6) is 0 Å². The molecule has 2 aromatic carbocycles. The molecule has 8 heteroatoms. The van der Waals surface area contributed by atoms with Crippen LogP contribution >= 0.6 is 0 Å². The largest absolute Gasteiger partial charge is 0.326 e. The molecule has 140 valence electrons. The minimum Gasteiger partial charge on any atom is -0.326 e. The zero-order valence-electron chi connectivity index (χ0n) is 14.7. The molecule has 0 atom stereocenters. The van der Waals surface area contributed by atoms with E-state index in [-0.39, 0.29) is 23.9 Å². The van der Waals surface area contributed by atoms with Gasteiger partial charge in [-0.15, -0.1) is 0 Å². The van der Waals surface area contributed by atoms with Crippen LogP contribution in [0.25, 0.3) is 0 Å². The van der Waals surface area contributed by atoms with Crippen LogP contribution < -0.4 is 10.6 Å². The Morgan fingerprint density at radius 2 is 1.68 bits per heavy atom. The van der Waals surface area contributed by atoms with Gasteiger partial charge in [0, 0.05) is 29.1 Å². The molecule has 0 bridgehead atoms. The van der Waals surface area contributed by atoms with Crippen molar-refractivity contribution >= 4 is 28.9 Å². The van der Waals surface area contributed by atoms with Gasteiger partial charge in [0.2, 0.25) is 5.91 Å². The topological polar surface area (TPSA) is 114 Å². The third-order valence-corrected chi connectivity index (χ3v) is 3.89. The first kappa shape index (κ1) is 18.7. The van der Waals surface area contributed by atoms with Gasteiger partial charge in [-0.1, -0.05) is 18.2 Å². The van der Waals surface area contributed by atoms with Crippen LogP contribution in [0.2, 0.25) is 0 Å². The van der Waals surface area contributed by atoms with Gasteiger partial charge in [-0.3, -0.25) is 24.7 Å². The predicted octanol–water partition coefficient (Wildman–Crippen LogP) is 3.42. The lowest BCUT2D eigenvalue weighted by Crippen LogP contribution is -2.16. The van der Waals surface area contributed by atoms with E-state index in [9.17, 15) is 19.7 Å². The number of carbonyl (C=O) groups excluding carboxylic acids is 2. The second kappa shape index (κ2) is 8.54. The molecule has 2 N–H and O–H groups in total. The molecule has 0 fully saturated rings. The van der Waals surface area contributed by atoms with E-state index >= 15 is 0 Å². The van der Waals surface area contributed by atoms with Crippen LogP contribution in [-0.2, 0) is 11.2 Å². The van der Waals surface area contributed by atoms with E-state index in [1.54, 1.807) is 60.8 Å². The zero-order valence-corrected chi connectivity index (χ0v) is 14.7. The van der Waals surface area contributed by atoms with E-state index in [1.807, 2.05) is 0 Å². The normalized spacial score (nSPS) is 10.1. The number of rotatable bonds is 6. The lowest BCUT2D eigenvalue weighted by molar-refractivity contribution is -0.385. The first-order valence-corrected chi connectivity index (χ1v) is 8.36. The van der Waals surface area contributed by atoms with Crippen LogP contribution in [0.3, 0.4) is 0 Å². The van der Waals surface area contributed by atoms with Gasteiger partial charge < -0.3 is 10.6 Å². The summed E-state index contributed by atoms with van der Waals surface area (Å²) in [6, 6.07) is 15.9. The molecule has 0 saturated heterocycles. The van der Waals surface area contributed by atoms with Crippen LogP contribution in [-0.4, -0.2) is 21.7 Å². The third kappa shape index (κ3) is 4.76. The van der Waals surface area contributed by atoms with Gasteiger partial charge in [0.25, 0.3) is 11.6 Å². The minimum atomic E-state index is -0.516. The highest BCUT2D eigenvalue weighted by atomic mass is 16.6. The van der Waals surface area contributed by atoms with E-state index < -0.39 is 4.92 Å². The number of hydrogen-bond acceptors (Lipinski definition) is 5. The van der Waals surface area contributed by atoms with Crippen LogP contribution in [0.15, 0.2) is 73.1 Å². The lowest BCUT2D eigenvalue weighted by atomic mass is 10.1. The van der Waals surface area contributed by atoms with Gasteiger partial charge in [0.15, 0.2) is 0 Å². The summed E-state index contributed by atoms with van der Waals surface area (Å²) in [7, 11) is 0. The standard InChI is InChI=1S/C20H16N4O4/c25-19(12-15-4-1-2-6-18(15)24(27)28)22-16-9-7-14(8-10-16)20(26)23-17-5-3-11-21-13-17/h1-11,13H,12H2,(H,22,25)(H,23,26). The second-order valence-electron chi connectivity index (χ2n) is 5.88. The molecule has 8 nitrogen and oxygen atoms in total. The summed E-state index contributed by atoms with van der Waals surface area (Å²) in [6.45, 7) is 0. The molecule has 0 aliphatic carbocycles. The number of pyridine rings is 1. The van der Waals surface area contributed by atoms with Crippen LogP contribution in [0.1, 0.15) is 15.9 Å². The number of nitro benzene ring substituents is 1. The van der Waals surface area contributed by atoms with Gasteiger partial charge >= 0.3 is 0 Å². The number of amides is 2. The predicted molar refractivity (Wildman–Crippen MR) is 104 cm³/mol. The summed E-state index contributed by atoms with van der Waals surface area (Å²) in [5, 5.41) is 16.4. The van der Waals surface area contributed by atoms with Gasteiger partial charge in [-0.05, 0) is 36.4 Å². The summed E-state index contributed by atoms with van der Waals surface area (Å²) in [4.78, 5) is 38.8. The highest BCUT2D eigenvalue weighted by Gasteiger charge is 2.15. The van der Waals surface area contributed by atoms with E-state index in [0.29, 0.717) is 22.5 Å². The van der Waals surface area contributed by atoms with E-state index in [0.717, 1.165) is 0 Å². The Morgan fingerprint density at radius 3 is 2.36 bits per heavy atom. The molecule has 28 heavy (non-hydrogen) atoms. The molecule has 0 aliphatic rings. The third-order valence-electron chi connectivity index (χ3n) is 3.89. The number of nitro groups is 1. The molecular formula is C20H16N4O4. The van der Waals surface area contributed by atoms with Crippen molar-refractivity contribution in [3.63, 3.8) is 0 Å². The monoisotopic (exact) mass is 376 g/mol. The number of nitrogens with one attached hydrogen (secondary N) is 2. The average Bonchev–Trinajstić information content (AvgIpc) is 2.69. The highest BCUT2D eigenvalue weighted by molar-refractivity contribution is 6.04. The highest BCUT2D eigenvalue weighted by Crippen LogP contribution is 2.19. The first-order chi connectivity index (χ1) is 13.5. The van der Waals surface area contributed by atoms with E-state index in [4.69, 9.17) is 0 Å². The second-order valence-corrected chi connectivity index (χ2v) is 5.88. The van der Waals surface area contributed by atoms with E-state index in [2.05, 4.69) is 15.6 Å². The average molecular weight is 376 g/mol. The lowest BCUT2D eigenvalue weighted by Gasteiger charge is -2.08. The Morgan fingerprint density at radius 1 is 0.929 bits per heavy atom. The van der Waals surface area contributed by atoms with Crippen LogP contribution in [0.4, 0.5) is 17.1 Å². The molecular weight excluding hydrogens is 360 g/mol. The Balaban J connectivity index is 1.62. The smallest absolute Gasteiger partial charge is 0.273 e. The fraction of sp³-hybridized carbons (Fsp3) is 0.0500. The van der Waals surface area contributed by atoms with Crippen molar-refractivity contribution < 1.29 is 14.5 Å². The Bertz CT molecular complexity index is 1000. The van der Waals surface area contributed by atoms with Crippen molar-refractivity contribution in [2.75, 3.05) is 10.6 Å². The number of hydrogen-bond donors (Lipinski definition) is 2. The quantitative estimate of drug-likeness (QED) is 0.505. The molecule has 1 heterocycles. The zero-order chi connectivity index (χ0) is 19.9. The Labute approximate surface area is 160 Å². The summed E-state index contributed by atoms with van der Waals surface area (Å²) in [5.41, 5.74) is 1.72. The molecule has 0 saturated carbocycles. The van der Waals surface area contributed by atoms with Crippen molar-refractivity contribution in [2.45, 2.75) is 6.42 Å². The van der Waals surface area contributed by atoms with Crippen molar-refractivity contribution in [1.82, 2.24) is 4.98 Å². The van der Waals surface area contributed by atoms with Gasteiger partial charge in [-0.25, -0.2) is 0 Å². The summed E-state index contributed by atoms with van der Waals surface area (Å²) in [5.74, 6) is -0.687. The Kier molecular flexibility index (Phi) is 5.71. The molecule has 0 spiro atoms. The fourth-order valence-corrected chi connectivity index (χ4v) is 2.56. The minimum absolute atomic E-state index is 0.0972. The first-order valence-electron chi connectivity index (χ1n) is 8.36. The van der Waals surface area contributed by atoms with Gasteiger partial charge in [0.1, 0.15) is 0 Å². The van der Waals surface area contributed by atoms with E-state index in [1.165, 1.54) is 12.3 Å². The maximum atomic E-state index is 12.2.